The highest BCUT2D eigenvalue weighted by molar-refractivity contribution is 6.31. The van der Waals surface area contributed by atoms with Gasteiger partial charge in [0, 0.05) is 36.5 Å². The van der Waals surface area contributed by atoms with Crippen LogP contribution >= 0.6 is 0 Å². The van der Waals surface area contributed by atoms with Gasteiger partial charge in [-0.3, -0.25) is 30.3 Å². The number of ether oxygens (including phenoxy) is 1. The van der Waals surface area contributed by atoms with Gasteiger partial charge in [0.05, 0.1) is 17.1 Å². The zero-order valence-electron chi connectivity index (χ0n) is 14.7. The third-order valence-electron chi connectivity index (χ3n) is 4.23. The highest BCUT2D eigenvalue weighted by Crippen LogP contribution is 2.30. The molecule has 3 rings (SSSR count). The van der Waals surface area contributed by atoms with Gasteiger partial charge in [0.2, 0.25) is 0 Å². The van der Waals surface area contributed by atoms with E-state index in [0.29, 0.717) is 24.3 Å². The number of non-ortho nitro benzene ring substituents is 1. The zero-order valence-corrected chi connectivity index (χ0v) is 14.7. The number of benzene rings is 1. The number of carbonyl (C=O) groups excluding carboxylic acids is 3. The summed E-state index contributed by atoms with van der Waals surface area (Å²) in [6.45, 7) is 4.93. The van der Waals surface area contributed by atoms with Crippen molar-refractivity contribution in [3.63, 3.8) is 0 Å². The Balaban J connectivity index is 2.06. The van der Waals surface area contributed by atoms with Crippen LogP contribution in [0.3, 0.4) is 0 Å². The molecule has 10 nitrogen and oxygen atoms in total. The molecule has 0 unspecified atom stereocenters. The number of hydrogen-bond acceptors (Lipinski definition) is 7. The minimum absolute atomic E-state index is 0.0525. The lowest BCUT2D eigenvalue weighted by molar-refractivity contribution is -0.384. The van der Waals surface area contributed by atoms with Crippen LogP contribution in [0.15, 0.2) is 23.8 Å². The molecule has 0 saturated carbocycles. The van der Waals surface area contributed by atoms with E-state index in [1.807, 2.05) is 29.4 Å². The van der Waals surface area contributed by atoms with Crippen molar-refractivity contribution >= 4 is 35.3 Å². The summed E-state index contributed by atoms with van der Waals surface area (Å²) in [6.07, 6.45) is 1.15. The van der Waals surface area contributed by atoms with Crippen LogP contribution < -0.4 is 15.5 Å². The Morgan fingerprint density at radius 2 is 1.74 bits per heavy atom. The zero-order chi connectivity index (χ0) is 19.7. The largest absolute Gasteiger partial charge is 0.372 e. The first-order valence-corrected chi connectivity index (χ1v) is 8.32. The van der Waals surface area contributed by atoms with Crippen LogP contribution in [-0.2, 0) is 14.3 Å². The van der Waals surface area contributed by atoms with Crippen molar-refractivity contribution < 1.29 is 24.0 Å². The van der Waals surface area contributed by atoms with Crippen molar-refractivity contribution in [3.05, 3.63) is 39.4 Å². The third-order valence-corrected chi connectivity index (χ3v) is 4.23. The van der Waals surface area contributed by atoms with Crippen LogP contribution in [0.1, 0.15) is 19.4 Å². The van der Waals surface area contributed by atoms with E-state index in [-0.39, 0.29) is 23.5 Å². The number of nitro groups is 1. The molecule has 1 aromatic carbocycles. The van der Waals surface area contributed by atoms with Crippen molar-refractivity contribution in [1.29, 1.82) is 0 Å². The fourth-order valence-electron chi connectivity index (χ4n) is 3.20. The molecule has 1 aromatic rings. The number of amides is 4. The number of imide groups is 2. The SMILES string of the molecule is C[C@H]1CN(c2ccc([N+](=O)[O-])cc2C=C2C(=O)NC(=O)NC2=O)C[C@H](C)O1. The lowest BCUT2D eigenvalue weighted by Crippen LogP contribution is -2.51. The fraction of sp³-hybridized carbons (Fsp3) is 0.353. The molecule has 2 fully saturated rings. The molecule has 0 bridgehead atoms. The predicted octanol–water partition coefficient (Wildman–Crippen LogP) is 0.958. The van der Waals surface area contributed by atoms with E-state index >= 15 is 0 Å². The summed E-state index contributed by atoms with van der Waals surface area (Å²) in [6, 6.07) is 3.34. The van der Waals surface area contributed by atoms with E-state index < -0.39 is 22.8 Å². The Kier molecular flexibility index (Phi) is 4.91. The number of nitrogens with one attached hydrogen (secondary N) is 2. The van der Waals surface area contributed by atoms with Crippen molar-refractivity contribution in [2.45, 2.75) is 26.1 Å². The maximum atomic E-state index is 12.0. The monoisotopic (exact) mass is 374 g/mol. The Morgan fingerprint density at radius 3 is 2.30 bits per heavy atom. The molecule has 2 aliphatic rings. The minimum atomic E-state index is -0.905. The maximum absolute atomic E-state index is 12.0. The second-order valence-corrected chi connectivity index (χ2v) is 6.46. The number of nitro benzene ring substituents is 1. The second-order valence-electron chi connectivity index (χ2n) is 6.46. The molecular formula is C17H18N4O6. The van der Waals surface area contributed by atoms with Gasteiger partial charge in [0.1, 0.15) is 5.57 Å². The van der Waals surface area contributed by atoms with Crippen LogP contribution in [-0.4, -0.2) is 48.1 Å². The lowest BCUT2D eigenvalue weighted by Gasteiger charge is -2.37. The van der Waals surface area contributed by atoms with E-state index in [0.717, 1.165) is 0 Å². The summed E-state index contributed by atoms with van der Waals surface area (Å²) in [5.41, 5.74) is 0.492. The topological polar surface area (TPSA) is 131 Å². The number of nitrogens with zero attached hydrogens (tertiary/aromatic N) is 2. The maximum Gasteiger partial charge on any atom is 0.328 e. The average molecular weight is 374 g/mol. The van der Waals surface area contributed by atoms with Gasteiger partial charge in [-0.25, -0.2) is 4.79 Å². The first kappa shape index (κ1) is 18.5. The number of barbiturate groups is 1. The van der Waals surface area contributed by atoms with Gasteiger partial charge >= 0.3 is 6.03 Å². The molecular weight excluding hydrogens is 356 g/mol. The third kappa shape index (κ3) is 3.95. The normalized spacial score (nSPS) is 23.0. The number of morpholine rings is 1. The van der Waals surface area contributed by atoms with E-state index in [2.05, 4.69) is 0 Å². The summed E-state index contributed by atoms with van der Waals surface area (Å²) in [7, 11) is 0. The van der Waals surface area contributed by atoms with Crippen molar-refractivity contribution in [2.75, 3.05) is 18.0 Å². The Labute approximate surface area is 154 Å². The molecule has 0 radical (unpaired) electrons. The van der Waals surface area contributed by atoms with Crippen molar-refractivity contribution in [2.24, 2.45) is 0 Å². The molecule has 0 spiro atoms. The van der Waals surface area contributed by atoms with Crippen LogP contribution in [0.5, 0.6) is 0 Å². The number of rotatable bonds is 3. The number of hydrogen-bond donors (Lipinski definition) is 2. The lowest BCUT2D eigenvalue weighted by atomic mass is 10.0. The quantitative estimate of drug-likeness (QED) is 0.349. The van der Waals surface area contributed by atoms with Gasteiger partial charge < -0.3 is 9.64 Å². The molecule has 142 valence electrons. The summed E-state index contributed by atoms with van der Waals surface area (Å²) < 4.78 is 5.70. The Bertz CT molecular complexity index is 833. The van der Waals surface area contributed by atoms with E-state index in [1.165, 1.54) is 18.2 Å². The van der Waals surface area contributed by atoms with Crippen LogP contribution in [0.2, 0.25) is 0 Å². The van der Waals surface area contributed by atoms with Gasteiger partial charge in [-0.1, -0.05) is 0 Å². The van der Waals surface area contributed by atoms with Crippen LogP contribution in [0, 0.1) is 10.1 Å². The molecule has 2 heterocycles. The Morgan fingerprint density at radius 1 is 1.15 bits per heavy atom. The van der Waals surface area contributed by atoms with Crippen LogP contribution in [0.25, 0.3) is 6.08 Å². The molecule has 10 heteroatoms. The average Bonchev–Trinajstić information content (AvgIpc) is 2.57. The van der Waals surface area contributed by atoms with Gasteiger partial charge in [0.25, 0.3) is 17.5 Å². The number of urea groups is 1. The Hall–Kier alpha value is -3.27. The molecule has 2 saturated heterocycles. The van der Waals surface area contributed by atoms with Gasteiger partial charge in [0.15, 0.2) is 0 Å². The first-order valence-electron chi connectivity index (χ1n) is 8.32. The van der Waals surface area contributed by atoms with Crippen LogP contribution in [0.4, 0.5) is 16.2 Å². The molecule has 4 amide bonds. The van der Waals surface area contributed by atoms with Crippen molar-refractivity contribution in [3.8, 4) is 0 Å². The standard InChI is InChI=1S/C17H18N4O6/c1-9-7-20(8-10(2)27-9)14-4-3-12(21(25)26)5-11(14)6-13-15(22)18-17(24)19-16(13)23/h3-6,9-10H,7-8H2,1-2H3,(H2,18,19,22,23,24)/t9-,10-/m0/s1. The second kappa shape index (κ2) is 7.16. The molecule has 0 aliphatic carbocycles. The molecule has 27 heavy (non-hydrogen) atoms. The summed E-state index contributed by atoms with van der Waals surface area (Å²) >= 11 is 0. The highest BCUT2D eigenvalue weighted by Gasteiger charge is 2.29. The minimum Gasteiger partial charge on any atom is -0.372 e. The fourth-order valence-corrected chi connectivity index (χ4v) is 3.20. The predicted molar refractivity (Wildman–Crippen MR) is 95.0 cm³/mol. The summed E-state index contributed by atoms with van der Waals surface area (Å²) in [5, 5.41) is 15.1. The van der Waals surface area contributed by atoms with E-state index in [9.17, 15) is 24.5 Å². The smallest absolute Gasteiger partial charge is 0.328 e. The van der Waals surface area contributed by atoms with Crippen molar-refractivity contribution in [1.82, 2.24) is 10.6 Å². The summed E-state index contributed by atoms with van der Waals surface area (Å²) in [4.78, 5) is 47.8. The summed E-state index contributed by atoms with van der Waals surface area (Å²) in [5.74, 6) is -1.71. The van der Waals surface area contributed by atoms with Gasteiger partial charge in [-0.05, 0) is 26.0 Å². The molecule has 2 N–H and O–H groups in total. The van der Waals surface area contributed by atoms with E-state index in [4.69, 9.17) is 4.74 Å². The molecule has 2 atom stereocenters. The van der Waals surface area contributed by atoms with E-state index in [1.54, 1.807) is 6.07 Å². The van der Waals surface area contributed by atoms with Gasteiger partial charge in [-0.2, -0.15) is 0 Å². The first-order chi connectivity index (χ1) is 12.7. The highest BCUT2D eigenvalue weighted by atomic mass is 16.6. The van der Waals surface area contributed by atoms with Gasteiger partial charge in [-0.15, -0.1) is 0 Å². The number of anilines is 1. The molecule has 0 aromatic heterocycles. The number of carbonyl (C=O) groups is 3. The molecule has 2 aliphatic heterocycles.